The van der Waals surface area contributed by atoms with Gasteiger partial charge < -0.3 is 14.6 Å². The van der Waals surface area contributed by atoms with Crippen molar-refractivity contribution in [2.75, 3.05) is 12.5 Å². The third kappa shape index (κ3) is 1.08. The number of hydrogen-bond donors (Lipinski definition) is 1. The van der Waals surface area contributed by atoms with Gasteiger partial charge in [-0.15, -0.1) is 11.6 Å². The first kappa shape index (κ1) is 7.55. The summed E-state index contributed by atoms with van der Waals surface area (Å²) in [6, 6.07) is 0. The van der Waals surface area contributed by atoms with E-state index in [1.54, 1.807) is 12.2 Å². The summed E-state index contributed by atoms with van der Waals surface area (Å²) in [7, 11) is 0. The molecule has 0 radical (unpaired) electrons. The Morgan fingerprint density at radius 3 is 3.27 bits per heavy atom. The maximum Gasteiger partial charge on any atom is 0.192 e. The van der Waals surface area contributed by atoms with Crippen LogP contribution in [0.3, 0.4) is 0 Å². The third-order valence-corrected chi connectivity index (χ3v) is 2.36. The minimum Gasteiger partial charge on any atom is -0.379 e. The Labute approximate surface area is 69.6 Å². The summed E-state index contributed by atoms with van der Waals surface area (Å²) < 4.78 is 10.4. The minimum atomic E-state index is -1.13. The lowest BCUT2D eigenvalue weighted by Crippen LogP contribution is -2.45. The van der Waals surface area contributed by atoms with Crippen LogP contribution in [0.4, 0.5) is 0 Å². The molecule has 1 fully saturated rings. The van der Waals surface area contributed by atoms with Crippen molar-refractivity contribution in [3.8, 4) is 0 Å². The highest BCUT2D eigenvalue weighted by Gasteiger charge is 2.44. The second-order valence-electron chi connectivity index (χ2n) is 2.82. The molecule has 2 aliphatic rings. The molecule has 0 unspecified atom stereocenters. The molecule has 2 rings (SSSR count). The fourth-order valence-electron chi connectivity index (χ4n) is 1.24. The first-order valence-electron chi connectivity index (χ1n) is 3.49. The Bertz CT molecular complexity index is 194. The highest BCUT2D eigenvalue weighted by Crippen LogP contribution is 2.30. The van der Waals surface area contributed by atoms with Crippen molar-refractivity contribution in [1.82, 2.24) is 0 Å². The lowest BCUT2D eigenvalue weighted by atomic mass is 10.0. The van der Waals surface area contributed by atoms with Crippen molar-refractivity contribution in [1.29, 1.82) is 0 Å². The number of ether oxygens (including phenoxy) is 2. The van der Waals surface area contributed by atoms with E-state index < -0.39 is 11.9 Å². The molecule has 0 saturated carbocycles. The van der Waals surface area contributed by atoms with Crippen LogP contribution >= 0.6 is 11.6 Å². The Kier molecular flexibility index (Phi) is 1.68. The first-order valence-corrected chi connectivity index (χ1v) is 4.03. The second kappa shape index (κ2) is 2.45. The highest BCUT2D eigenvalue weighted by atomic mass is 35.5. The average Bonchev–Trinajstić information content (AvgIpc) is 2.44. The van der Waals surface area contributed by atoms with Crippen molar-refractivity contribution >= 4 is 11.6 Å². The van der Waals surface area contributed by atoms with Gasteiger partial charge in [-0.3, -0.25) is 0 Å². The lowest BCUT2D eigenvalue weighted by Gasteiger charge is -2.29. The Balaban J connectivity index is 2.24. The summed E-state index contributed by atoms with van der Waals surface area (Å²) in [6.07, 6.45) is 2.87. The molecule has 1 saturated heterocycles. The van der Waals surface area contributed by atoms with Crippen molar-refractivity contribution in [3.63, 3.8) is 0 Å². The second-order valence-corrected chi connectivity index (χ2v) is 3.09. The number of aliphatic hydroxyl groups is 1. The van der Waals surface area contributed by atoms with E-state index in [1.807, 2.05) is 0 Å². The van der Waals surface area contributed by atoms with E-state index in [0.29, 0.717) is 6.61 Å². The maximum atomic E-state index is 9.70. The average molecular weight is 177 g/mol. The number of fused-ring (bicyclic) bond motifs is 2. The van der Waals surface area contributed by atoms with E-state index in [-0.39, 0.29) is 12.0 Å². The van der Waals surface area contributed by atoms with Crippen molar-refractivity contribution < 1.29 is 14.6 Å². The van der Waals surface area contributed by atoms with Gasteiger partial charge in [0.05, 0.1) is 12.5 Å². The van der Waals surface area contributed by atoms with Crippen molar-refractivity contribution in [3.05, 3.63) is 12.2 Å². The molecule has 3 atom stereocenters. The summed E-state index contributed by atoms with van der Waals surface area (Å²) >= 11 is 5.55. The van der Waals surface area contributed by atoms with Gasteiger partial charge in [0, 0.05) is 0 Å². The predicted molar refractivity (Wildman–Crippen MR) is 39.4 cm³/mol. The van der Waals surface area contributed by atoms with Crippen LogP contribution in [-0.2, 0) is 9.47 Å². The SMILES string of the molecule is O[C@]1(CCl)C=C[C@H]2CO[C@@H]1O2. The van der Waals surface area contributed by atoms with Crippen LogP contribution in [0.5, 0.6) is 0 Å². The number of rotatable bonds is 1. The molecule has 4 heteroatoms. The normalized spacial score (nSPS) is 48.2. The Hall–Kier alpha value is -0.0900. The van der Waals surface area contributed by atoms with Crippen LogP contribution in [0.2, 0.25) is 0 Å². The number of hydrogen-bond acceptors (Lipinski definition) is 3. The molecule has 0 aliphatic carbocycles. The molecule has 2 aliphatic heterocycles. The largest absolute Gasteiger partial charge is 0.379 e. The maximum absolute atomic E-state index is 9.70. The van der Waals surface area contributed by atoms with E-state index >= 15 is 0 Å². The van der Waals surface area contributed by atoms with Crippen LogP contribution in [0.15, 0.2) is 12.2 Å². The van der Waals surface area contributed by atoms with E-state index in [2.05, 4.69) is 0 Å². The molecule has 2 heterocycles. The highest BCUT2D eigenvalue weighted by molar-refractivity contribution is 6.18. The standard InChI is InChI=1S/C7H9ClO3/c8-4-7(9)2-1-5-3-10-6(7)11-5/h1-2,5-6,9H,3-4H2/t5-,6+,7-/m0/s1. The van der Waals surface area contributed by atoms with E-state index in [1.165, 1.54) is 0 Å². The molecule has 0 spiro atoms. The zero-order chi connectivity index (χ0) is 7.90. The molecule has 0 amide bonds. The monoisotopic (exact) mass is 176 g/mol. The molecule has 0 aromatic rings. The van der Waals surface area contributed by atoms with Crippen LogP contribution in [0, 0.1) is 0 Å². The molecule has 3 nitrogen and oxygen atoms in total. The van der Waals surface area contributed by atoms with Crippen LogP contribution in [0.1, 0.15) is 0 Å². The molecule has 2 bridgehead atoms. The van der Waals surface area contributed by atoms with Gasteiger partial charge in [-0.25, -0.2) is 0 Å². The molecule has 1 N–H and O–H groups in total. The predicted octanol–water partition coefficient (Wildman–Crippen LogP) is 0.268. The van der Waals surface area contributed by atoms with Crippen molar-refractivity contribution in [2.24, 2.45) is 0 Å². The van der Waals surface area contributed by atoms with E-state index in [9.17, 15) is 5.11 Å². The van der Waals surface area contributed by atoms with Gasteiger partial charge in [-0.05, 0) is 6.08 Å². The zero-order valence-electron chi connectivity index (χ0n) is 5.87. The van der Waals surface area contributed by atoms with Crippen molar-refractivity contribution in [2.45, 2.75) is 18.0 Å². The Morgan fingerprint density at radius 1 is 1.73 bits per heavy atom. The molecule has 0 aromatic carbocycles. The van der Waals surface area contributed by atoms with Gasteiger partial charge in [0.2, 0.25) is 0 Å². The quantitative estimate of drug-likeness (QED) is 0.461. The summed E-state index contributed by atoms with van der Waals surface area (Å²) in [5, 5.41) is 9.70. The van der Waals surface area contributed by atoms with Crippen LogP contribution < -0.4 is 0 Å². The van der Waals surface area contributed by atoms with Gasteiger partial charge in [0.25, 0.3) is 0 Å². The van der Waals surface area contributed by atoms with Gasteiger partial charge in [0.1, 0.15) is 11.7 Å². The summed E-state index contributed by atoms with van der Waals surface area (Å²) in [5.74, 6) is 0.0981. The fraction of sp³-hybridized carbons (Fsp3) is 0.714. The minimum absolute atomic E-state index is 0.00323. The molecular weight excluding hydrogens is 168 g/mol. The topological polar surface area (TPSA) is 38.7 Å². The van der Waals surface area contributed by atoms with Gasteiger partial charge in [-0.1, -0.05) is 6.08 Å². The lowest BCUT2D eigenvalue weighted by molar-refractivity contribution is -0.159. The molecular formula is C7H9ClO3. The van der Waals surface area contributed by atoms with E-state index in [4.69, 9.17) is 21.1 Å². The number of halogens is 1. The summed E-state index contributed by atoms with van der Waals surface area (Å²) in [5.41, 5.74) is -1.13. The molecule has 0 aromatic heterocycles. The van der Waals surface area contributed by atoms with Crippen LogP contribution in [0.25, 0.3) is 0 Å². The summed E-state index contributed by atoms with van der Waals surface area (Å²) in [6.45, 7) is 0.514. The fourth-order valence-corrected chi connectivity index (χ4v) is 1.46. The Morgan fingerprint density at radius 2 is 2.55 bits per heavy atom. The van der Waals surface area contributed by atoms with Gasteiger partial charge in [0.15, 0.2) is 6.29 Å². The van der Waals surface area contributed by atoms with Gasteiger partial charge in [-0.2, -0.15) is 0 Å². The van der Waals surface area contributed by atoms with Crippen LogP contribution in [-0.4, -0.2) is 35.6 Å². The van der Waals surface area contributed by atoms with Gasteiger partial charge >= 0.3 is 0 Å². The summed E-state index contributed by atoms with van der Waals surface area (Å²) in [4.78, 5) is 0. The molecule has 62 valence electrons. The molecule has 11 heavy (non-hydrogen) atoms. The smallest absolute Gasteiger partial charge is 0.192 e. The van der Waals surface area contributed by atoms with E-state index in [0.717, 1.165) is 0 Å². The third-order valence-electron chi connectivity index (χ3n) is 1.93. The number of alkyl halides is 1. The zero-order valence-corrected chi connectivity index (χ0v) is 6.62. The first-order chi connectivity index (χ1) is 5.24.